The summed E-state index contributed by atoms with van der Waals surface area (Å²) in [7, 11) is -3.90. The highest BCUT2D eigenvalue weighted by Crippen LogP contribution is 2.48. The number of piperidine rings is 1. The molecule has 2 aliphatic rings. The maximum absolute atomic E-state index is 14.0. The van der Waals surface area contributed by atoms with E-state index in [2.05, 4.69) is 23.6 Å². The highest BCUT2D eigenvalue weighted by Gasteiger charge is 2.47. The molecule has 6 rings (SSSR count). The second kappa shape index (κ2) is 7.79. The summed E-state index contributed by atoms with van der Waals surface area (Å²) in [6.07, 6.45) is 1.02. The van der Waals surface area contributed by atoms with Gasteiger partial charge < -0.3 is 0 Å². The van der Waals surface area contributed by atoms with Crippen LogP contribution in [0.5, 0.6) is 0 Å². The van der Waals surface area contributed by atoms with Gasteiger partial charge in [-0.05, 0) is 35.7 Å². The zero-order chi connectivity index (χ0) is 23.4. The molecule has 0 spiro atoms. The van der Waals surface area contributed by atoms with Crippen LogP contribution in [0.25, 0.3) is 10.9 Å². The van der Waals surface area contributed by atoms with Crippen molar-refractivity contribution in [1.82, 2.24) is 8.87 Å². The van der Waals surface area contributed by atoms with Crippen molar-refractivity contribution in [1.29, 1.82) is 0 Å². The van der Waals surface area contributed by atoms with Gasteiger partial charge in [0.25, 0.3) is 10.0 Å². The van der Waals surface area contributed by atoms with E-state index in [9.17, 15) is 13.2 Å². The third kappa shape index (κ3) is 3.10. The zero-order valence-electron chi connectivity index (χ0n) is 18.6. The van der Waals surface area contributed by atoms with Gasteiger partial charge in [-0.2, -0.15) is 0 Å². The SMILES string of the molecule is C=C1C(=O)CC2Cc3c(n(S(=O)(=O)c4ccccc4)c4ccccc34)C1N2Cc1ccccc1. The standard InChI is InChI=1S/C28H24N2O3S/c1-19-26(31)17-21-16-24-23-14-8-9-15-25(23)30(34(32,33)22-12-6-3-7-13-22)28(24)27(19)29(21)18-20-10-4-2-5-11-20/h2-15,21,27H,1,16-18H2. The Morgan fingerprint density at radius 2 is 1.50 bits per heavy atom. The first-order valence-electron chi connectivity index (χ1n) is 11.4. The molecule has 2 bridgehead atoms. The minimum atomic E-state index is -3.90. The Morgan fingerprint density at radius 3 is 2.24 bits per heavy atom. The summed E-state index contributed by atoms with van der Waals surface area (Å²) in [5.41, 5.74) is 3.87. The van der Waals surface area contributed by atoms with Crippen molar-refractivity contribution in [2.24, 2.45) is 0 Å². The van der Waals surface area contributed by atoms with Gasteiger partial charge in [0.15, 0.2) is 5.78 Å². The first-order valence-corrected chi connectivity index (χ1v) is 12.9. The summed E-state index contributed by atoms with van der Waals surface area (Å²) in [5.74, 6) is 0.0128. The number of rotatable bonds is 4. The summed E-state index contributed by atoms with van der Waals surface area (Å²) in [6.45, 7) is 4.79. The largest absolute Gasteiger partial charge is 0.294 e. The average Bonchev–Trinajstić information content (AvgIpc) is 3.18. The molecule has 0 N–H and O–H groups in total. The van der Waals surface area contributed by atoms with Crippen LogP contribution in [-0.2, 0) is 27.8 Å². The number of hydrogen-bond donors (Lipinski definition) is 0. The third-order valence-electron chi connectivity index (χ3n) is 7.07. The number of para-hydroxylation sites is 1. The van der Waals surface area contributed by atoms with Gasteiger partial charge in [-0.25, -0.2) is 12.4 Å². The highest BCUT2D eigenvalue weighted by atomic mass is 32.2. The molecule has 34 heavy (non-hydrogen) atoms. The van der Waals surface area contributed by atoms with Crippen LogP contribution in [0.1, 0.15) is 29.3 Å². The molecule has 170 valence electrons. The van der Waals surface area contributed by atoms with Crippen LogP contribution in [-0.4, -0.2) is 29.1 Å². The Labute approximate surface area is 199 Å². The lowest BCUT2D eigenvalue weighted by molar-refractivity contribution is -0.120. The van der Waals surface area contributed by atoms with Gasteiger partial charge in [0, 0.05) is 30.0 Å². The molecule has 1 aromatic heterocycles. The zero-order valence-corrected chi connectivity index (χ0v) is 19.4. The molecule has 6 heteroatoms. The Hall–Kier alpha value is -3.48. The number of fused-ring (bicyclic) bond motifs is 6. The van der Waals surface area contributed by atoms with Crippen LogP contribution >= 0.6 is 0 Å². The predicted molar refractivity (Wildman–Crippen MR) is 132 cm³/mol. The molecule has 2 aliphatic heterocycles. The van der Waals surface area contributed by atoms with Crippen LogP contribution in [0, 0.1) is 0 Å². The van der Waals surface area contributed by atoms with Crippen molar-refractivity contribution in [3.63, 3.8) is 0 Å². The second-order valence-corrected chi connectivity index (χ2v) is 10.8. The van der Waals surface area contributed by atoms with Crippen LogP contribution < -0.4 is 0 Å². The third-order valence-corrected chi connectivity index (χ3v) is 8.82. The summed E-state index contributed by atoms with van der Waals surface area (Å²) in [5, 5.41) is 0.925. The fraction of sp³-hybridized carbons (Fsp3) is 0.179. The van der Waals surface area contributed by atoms with E-state index in [1.165, 1.54) is 3.97 Å². The Kier molecular flexibility index (Phi) is 4.83. The van der Waals surface area contributed by atoms with Crippen LogP contribution in [0.4, 0.5) is 0 Å². The van der Waals surface area contributed by atoms with E-state index in [1.54, 1.807) is 30.3 Å². The number of hydrogen-bond acceptors (Lipinski definition) is 4. The maximum Gasteiger partial charge on any atom is 0.268 e. The molecule has 5 nitrogen and oxygen atoms in total. The van der Waals surface area contributed by atoms with Crippen LogP contribution in [0.15, 0.2) is 102 Å². The van der Waals surface area contributed by atoms with E-state index in [0.717, 1.165) is 16.5 Å². The number of aromatic nitrogens is 1. The van der Waals surface area contributed by atoms with Crippen molar-refractivity contribution in [3.8, 4) is 0 Å². The minimum Gasteiger partial charge on any atom is -0.294 e. The van der Waals surface area contributed by atoms with Gasteiger partial charge in [0.2, 0.25) is 0 Å². The molecule has 4 aromatic rings. The molecule has 0 amide bonds. The summed E-state index contributed by atoms with van der Waals surface area (Å²) in [4.78, 5) is 15.5. The Balaban J connectivity index is 1.63. The molecule has 3 aromatic carbocycles. The summed E-state index contributed by atoms with van der Waals surface area (Å²) < 4.78 is 29.5. The lowest BCUT2D eigenvalue weighted by Crippen LogP contribution is -2.50. The van der Waals surface area contributed by atoms with Crippen molar-refractivity contribution >= 4 is 26.7 Å². The minimum absolute atomic E-state index is 0.00519. The molecule has 2 unspecified atom stereocenters. The number of nitrogens with zero attached hydrogens (tertiary/aromatic N) is 2. The van der Waals surface area contributed by atoms with Gasteiger partial charge >= 0.3 is 0 Å². The first kappa shape index (κ1) is 21.1. The van der Waals surface area contributed by atoms with E-state index in [1.807, 2.05) is 42.5 Å². The van der Waals surface area contributed by atoms with E-state index >= 15 is 0 Å². The quantitative estimate of drug-likeness (QED) is 0.401. The normalized spacial score (nSPS) is 20.5. The second-order valence-electron chi connectivity index (χ2n) is 9.03. The van der Waals surface area contributed by atoms with Crippen LogP contribution in [0.3, 0.4) is 0 Å². The number of Topliss-reactive ketones (excluding diaryl/α,β-unsaturated/α-hetero) is 1. The van der Waals surface area contributed by atoms with Crippen molar-refractivity contribution < 1.29 is 13.2 Å². The summed E-state index contributed by atoms with van der Waals surface area (Å²) >= 11 is 0. The maximum atomic E-state index is 14.0. The number of carbonyl (C=O) groups excluding carboxylic acids is 1. The van der Waals surface area contributed by atoms with Crippen molar-refractivity contribution in [2.45, 2.75) is 36.4 Å². The predicted octanol–water partition coefficient (Wildman–Crippen LogP) is 4.88. The molecule has 0 saturated carbocycles. The number of carbonyl (C=O) groups is 1. The molecule has 2 atom stereocenters. The van der Waals surface area contributed by atoms with Crippen molar-refractivity contribution in [2.75, 3.05) is 0 Å². The van der Waals surface area contributed by atoms with Gasteiger partial charge in [0.1, 0.15) is 0 Å². The molecule has 1 saturated heterocycles. The van der Waals surface area contributed by atoms with E-state index < -0.39 is 16.1 Å². The van der Waals surface area contributed by atoms with Gasteiger partial charge in [-0.15, -0.1) is 0 Å². The molecule has 0 aliphatic carbocycles. The highest BCUT2D eigenvalue weighted by molar-refractivity contribution is 7.90. The number of ketones is 1. The first-order chi connectivity index (χ1) is 16.5. The molecule has 3 heterocycles. The van der Waals surface area contributed by atoms with Crippen LogP contribution in [0.2, 0.25) is 0 Å². The lowest BCUT2D eigenvalue weighted by Gasteiger charge is -2.46. The summed E-state index contributed by atoms with van der Waals surface area (Å²) in [6, 6.07) is 25.7. The smallest absolute Gasteiger partial charge is 0.268 e. The Morgan fingerprint density at radius 1 is 0.853 bits per heavy atom. The monoisotopic (exact) mass is 468 g/mol. The topological polar surface area (TPSA) is 59.4 Å². The number of benzene rings is 3. The molecular weight excluding hydrogens is 444 g/mol. The van der Waals surface area contributed by atoms with E-state index in [4.69, 9.17) is 0 Å². The average molecular weight is 469 g/mol. The fourth-order valence-corrected chi connectivity index (χ4v) is 7.13. The molecule has 1 fully saturated rings. The molecular formula is C28H24N2O3S. The molecule has 0 radical (unpaired) electrons. The van der Waals surface area contributed by atoms with E-state index in [0.29, 0.717) is 36.2 Å². The van der Waals surface area contributed by atoms with E-state index in [-0.39, 0.29) is 16.7 Å². The lowest BCUT2D eigenvalue weighted by atomic mass is 9.79. The van der Waals surface area contributed by atoms with Crippen molar-refractivity contribution in [3.05, 3.63) is 114 Å². The van der Waals surface area contributed by atoms with Gasteiger partial charge in [-0.3, -0.25) is 9.69 Å². The van der Waals surface area contributed by atoms with Gasteiger partial charge in [0.05, 0.1) is 22.1 Å². The van der Waals surface area contributed by atoms with Gasteiger partial charge in [-0.1, -0.05) is 73.3 Å². The Bertz CT molecular complexity index is 1540. The fourth-order valence-electron chi connectivity index (χ4n) is 5.53.